The Labute approximate surface area is 302 Å². The van der Waals surface area contributed by atoms with E-state index in [-0.39, 0.29) is 16.8 Å². The highest BCUT2D eigenvalue weighted by Gasteiger charge is 2.43. The molecule has 3 heterocycles. The lowest BCUT2D eigenvalue weighted by Crippen LogP contribution is -2.55. The lowest BCUT2D eigenvalue weighted by Gasteiger charge is -2.29. The molecule has 2 fully saturated rings. The molecule has 1 atom stereocenters. The largest absolute Gasteiger partial charge is 0.385 e. The third-order valence-electron chi connectivity index (χ3n) is 11.3. The number of anilines is 1. The van der Waals surface area contributed by atoms with Crippen molar-refractivity contribution >= 4 is 45.5 Å². The highest BCUT2D eigenvalue weighted by atomic mass is 32.1. The number of aromatic nitrogens is 2. The van der Waals surface area contributed by atoms with E-state index in [2.05, 4.69) is 56.6 Å². The monoisotopic (exact) mass is 700 g/mol. The Morgan fingerprint density at radius 2 is 1.71 bits per heavy atom. The van der Waals surface area contributed by atoms with Gasteiger partial charge in [0.1, 0.15) is 11.6 Å². The summed E-state index contributed by atoms with van der Waals surface area (Å²) in [6.45, 7) is 2.34. The molecule has 2 aliphatic carbocycles. The van der Waals surface area contributed by atoms with E-state index in [4.69, 9.17) is 0 Å². The van der Waals surface area contributed by atoms with Crippen LogP contribution in [-0.4, -0.2) is 43.9 Å². The van der Waals surface area contributed by atoms with Crippen LogP contribution in [0.25, 0.3) is 33.4 Å². The van der Waals surface area contributed by atoms with Crippen molar-refractivity contribution in [3.05, 3.63) is 93.8 Å². The number of hydrogen-bond acceptors (Lipinski definition) is 6. The van der Waals surface area contributed by atoms with Gasteiger partial charge >= 0.3 is 0 Å². The first-order valence-corrected chi connectivity index (χ1v) is 19.4. The average Bonchev–Trinajstić information content (AvgIpc) is 3.88. The molecule has 9 heteroatoms. The van der Waals surface area contributed by atoms with Crippen molar-refractivity contribution in [2.75, 3.05) is 5.32 Å². The van der Waals surface area contributed by atoms with Crippen LogP contribution in [0.4, 0.5) is 5.69 Å². The van der Waals surface area contributed by atoms with Gasteiger partial charge in [0.15, 0.2) is 5.01 Å². The van der Waals surface area contributed by atoms with Gasteiger partial charge in [-0.1, -0.05) is 74.6 Å². The van der Waals surface area contributed by atoms with Gasteiger partial charge in [-0.25, -0.2) is 4.98 Å². The van der Waals surface area contributed by atoms with E-state index in [1.807, 2.05) is 30.3 Å². The number of carbonyl (C=O) groups excluding carboxylic acids is 3. The highest BCUT2D eigenvalue weighted by molar-refractivity contribution is 7.12. The Kier molecular flexibility index (Phi) is 9.11. The lowest BCUT2D eigenvalue weighted by molar-refractivity contribution is -0.122. The van der Waals surface area contributed by atoms with E-state index in [9.17, 15) is 19.5 Å². The van der Waals surface area contributed by atoms with Crippen molar-refractivity contribution in [2.24, 2.45) is 0 Å². The molecule has 8 rings (SSSR count). The lowest BCUT2D eigenvalue weighted by atomic mass is 9.81. The number of Topliss-reactive ketones (excluding diaryl/α,β-unsaturated/α-hetero) is 1. The number of nitrogens with one attached hydrogen (secondary N) is 2. The third-order valence-corrected chi connectivity index (χ3v) is 12.1. The summed E-state index contributed by atoms with van der Waals surface area (Å²) >= 11 is 1.20. The van der Waals surface area contributed by atoms with Crippen molar-refractivity contribution in [3.63, 3.8) is 0 Å². The zero-order chi connectivity index (χ0) is 35.1. The van der Waals surface area contributed by atoms with E-state index in [1.165, 1.54) is 78.1 Å². The molecule has 1 unspecified atom stereocenters. The number of ketones is 1. The van der Waals surface area contributed by atoms with Crippen molar-refractivity contribution < 1.29 is 19.5 Å². The van der Waals surface area contributed by atoms with E-state index in [1.54, 1.807) is 5.38 Å². The summed E-state index contributed by atoms with van der Waals surface area (Å²) < 4.78 is 2.47. The number of hydrogen-bond donors (Lipinski definition) is 3. The molecule has 2 aromatic heterocycles. The average molecular weight is 701 g/mol. The molecule has 3 aromatic carbocycles. The Bertz CT molecular complexity index is 2120. The standard InChI is InChI=1S/C42H44N4O4S/c1-26(47)38(48)40-44-34(25-51-40)28-15-18-31(19-16-28)43-41(50)42(21-7-8-22-42)45-39(49)30-17-20-33-35(24-30)46-23-9-13-27-10-5-6-14-32(27)37(46)36(33)29-11-3-2-4-12-29/h5-6,10,14-20,24-26,29,47H,2-4,7-9,11-13,21-23H2,1H3,(H,43,50)(H,45,49). The fourth-order valence-corrected chi connectivity index (χ4v) is 9.44. The number of aliphatic hydroxyl groups excluding tert-OH is 1. The van der Waals surface area contributed by atoms with Crippen LogP contribution < -0.4 is 10.6 Å². The van der Waals surface area contributed by atoms with E-state index >= 15 is 0 Å². The summed E-state index contributed by atoms with van der Waals surface area (Å²) in [5, 5.41) is 19.2. The SMILES string of the molecule is CC(O)C(=O)c1nc(-c2ccc(NC(=O)C3(NC(=O)c4ccc5c(C6CCCCC6)c6n(c5c4)CCCc4ccccc4-6)CCCC3)cc2)cs1. The fourth-order valence-electron chi connectivity index (χ4n) is 8.59. The van der Waals surface area contributed by atoms with Crippen LogP contribution in [0.15, 0.2) is 72.1 Å². The van der Waals surface area contributed by atoms with Gasteiger partial charge in [0.05, 0.1) is 11.4 Å². The van der Waals surface area contributed by atoms with Gasteiger partial charge in [0.25, 0.3) is 5.91 Å². The van der Waals surface area contributed by atoms with Crippen molar-refractivity contribution in [1.29, 1.82) is 0 Å². The molecule has 5 aromatic rings. The molecular formula is C42H44N4O4S. The molecule has 0 spiro atoms. The summed E-state index contributed by atoms with van der Waals surface area (Å²) in [6, 6.07) is 22.3. The fraction of sp³-hybridized carbons (Fsp3) is 0.381. The van der Waals surface area contributed by atoms with Crippen LogP contribution in [0.2, 0.25) is 0 Å². The molecule has 0 bridgehead atoms. The number of nitrogens with zero attached hydrogens (tertiary/aromatic N) is 2. The first-order valence-electron chi connectivity index (χ1n) is 18.5. The minimum atomic E-state index is -1.10. The molecule has 2 amide bonds. The summed E-state index contributed by atoms with van der Waals surface area (Å²) in [5.41, 5.74) is 8.26. The number of carbonyl (C=O) groups is 3. The second-order valence-corrected chi connectivity index (χ2v) is 15.5. The molecule has 3 N–H and O–H groups in total. The quantitative estimate of drug-likeness (QED) is 0.140. The Morgan fingerprint density at radius 3 is 2.47 bits per heavy atom. The Hall–Kier alpha value is -4.60. The van der Waals surface area contributed by atoms with Gasteiger partial charge < -0.3 is 20.3 Å². The Balaban J connectivity index is 1.05. The minimum absolute atomic E-state index is 0.214. The van der Waals surface area contributed by atoms with Gasteiger partial charge in [0.2, 0.25) is 11.7 Å². The molecule has 2 saturated carbocycles. The molecule has 51 heavy (non-hydrogen) atoms. The molecule has 0 saturated heterocycles. The van der Waals surface area contributed by atoms with Crippen molar-refractivity contribution in [2.45, 2.75) is 102 Å². The number of aryl methyl sites for hydroxylation is 2. The van der Waals surface area contributed by atoms with Gasteiger partial charge in [-0.2, -0.15) is 0 Å². The Morgan fingerprint density at radius 1 is 0.941 bits per heavy atom. The predicted molar refractivity (Wildman–Crippen MR) is 202 cm³/mol. The van der Waals surface area contributed by atoms with Gasteiger partial charge in [-0.05, 0) is 86.8 Å². The van der Waals surface area contributed by atoms with E-state index in [0.717, 1.165) is 43.3 Å². The van der Waals surface area contributed by atoms with Gasteiger partial charge in [0, 0.05) is 45.2 Å². The normalized spacial score (nSPS) is 17.7. The number of benzene rings is 3. The predicted octanol–water partition coefficient (Wildman–Crippen LogP) is 8.67. The van der Waals surface area contributed by atoms with Crippen molar-refractivity contribution in [3.8, 4) is 22.5 Å². The van der Waals surface area contributed by atoms with Crippen LogP contribution in [0.5, 0.6) is 0 Å². The van der Waals surface area contributed by atoms with Crippen molar-refractivity contribution in [1.82, 2.24) is 14.9 Å². The number of rotatable bonds is 8. The number of aliphatic hydroxyl groups is 1. The van der Waals surface area contributed by atoms with E-state index < -0.39 is 17.4 Å². The molecule has 8 nitrogen and oxygen atoms in total. The number of fused-ring (bicyclic) bond motifs is 5. The van der Waals surface area contributed by atoms with Crippen LogP contribution in [-0.2, 0) is 17.8 Å². The van der Waals surface area contributed by atoms with Crippen LogP contribution in [0, 0.1) is 0 Å². The van der Waals surface area contributed by atoms with Gasteiger partial charge in [-0.15, -0.1) is 11.3 Å². The maximum absolute atomic E-state index is 14.1. The van der Waals surface area contributed by atoms with E-state index in [0.29, 0.717) is 35.7 Å². The first-order chi connectivity index (χ1) is 24.8. The molecular weight excluding hydrogens is 657 g/mol. The molecule has 3 aliphatic rings. The molecule has 262 valence electrons. The molecule has 0 radical (unpaired) electrons. The molecule has 1 aliphatic heterocycles. The van der Waals surface area contributed by atoms with Crippen LogP contribution >= 0.6 is 11.3 Å². The minimum Gasteiger partial charge on any atom is -0.385 e. The summed E-state index contributed by atoms with van der Waals surface area (Å²) in [7, 11) is 0. The number of amides is 2. The zero-order valence-corrected chi connectivity index (χ0v) is 29.9. The maximum Gasteiger partial charge on any atom is 0.252 e. The summed E-state index contributed by atoms with van der Waals surface area (Å²) in [4.78, 5) is 44.6. The number of thiazole rings is 1. The maximum atomic E-state index is 14.1. The topological polar surface area (TPSA) is 113 Å². The summed E-state index contributed by atoms with van der Waals surface area (Å²) in [6.07, 6.45) is 10.1. The second-order valence-electron chi connectivity index (χ2n) is 14.6. The third kappa shape index (κ3) is 6.31. The summed E-state index contributed by atoms with van der Waals surface area (Å²) in [5.74, 6) is -0.328. The zero-order valence-electron chi connectivity index (χ0n) is 29.0. The second kappa shape index (κ2) is 13.8. The van der Waals surface area contributed by atoms with Gasteiger partial charge in [-0.3, -0.25) is 14.4 Å². The van der Waals surface area contributed by atoms with Crippen LogP contribution in [0.3, 0.4) is 0 Å². The first kappa shape index (κ1) is 33.5. The highest BCUT2D eigenvalue weighted by Crippen LogP contribution is 2.46. The smallest absolute Gasteiger partial charge is 0.252 e. The van der Waals surface area contributed by atoms with Crippen LogP contribution in [0.1, 0.15) is 108 Å².